The van der Waals surface area contributed by atoms with Crippen LogP contribution >= 0.6 is 0 Å². The third-order valence-electron chi connectivity index (χ3n) is 5.62. The van der Waals surface area contributed by atoms with E-state index in [2.05, 4.69) is 20.5 Å². The molecule has 0 radical (unpaired) electrons. The zero-order valence-electron chi connectivity index (χ0n) is 20.4. The Hall–Kier alpha value is -3.68. The molecule has 1 aliphatic rings. The third kappa shape index (κ3) is 7.15. The molecule has 184 valence electrons. The zero-order valence-corrected chi connectivity index (χ0v) is 20.4. The second-order valence-corrected chi connectivity index (χ2v) is 9.73. The first-order valence-corrected chi connectivity index (χ1v) is 11.9. The van der Waals surface area contributed by atoms with Gasteiger partial charge in [-0.15, -0.1) is 0 Å². The van der Waals surface area contributed by atoms with Gasteiger partial charge in [0.1, 0.15) is 23.1 Å². The molecule has 3 heterocycles. The Kier molecular flexibility index (Phi) is 7.48. The van der Waals surface area contributed by atoms with Gasteiger partial charge in [0.15, 0.2) is 0 Å². The highest BCUT2D eigenvalue weighted by molar-refractivity contribution is 5.68. The number of amides is 1. The Labute approximate surface area is 205 Å². The fourth-order valence-electron chi connectivity index (χ4n) is 4.06. The molecule has 1 unspecified atom stereocenters. The van der Waals surface area contributed by atoms with Crippen LogP contribution in [0, 0.1) is 5.82 Å². The molecule has 7 nitrogen and oxygen atoms in total. The van der Waals surface area contributed by atoms with Gasteiger partial charge in [-0.05, 0) is 75.6 Å². The number of carbonyl (C=O) groups is 1. The maximum Gasteiger partial charge on any atom is 0.407 e. The molecule has 1 fully saturated rings. The quantitative estimate of drug-likeness (QED) is 0.496. The van der Waals surface area contributed by atoms with Crippen molar-refractivity contribution in [2.45, 2.75) is 51.8 Å². The van der Waals surface area contributed by atoms with E-state index < -0.39 is 11.7 Å². The van der Waals surface area contributed by atoms with Crippen molar-refractivity contribution in [3.63, 3.8) is 0 Å². The normalized spacial score (nSPS) is 16.0. The predicted octanol–water partition coefficient (Wildman–Crippen LogP) is 5.39. The van der Waals surface area contributed by atoms with Crippen molar-refractivity contribution in [1.29, 1.82) is 0 Å². The van der Waals surface area contributed by atoms with Crippen molar-refractivity contribution in [2.24, 2.45) is 0 Å². The second kappa shape index (κ2) is 10.7. The van der Waals surface area contributed by atoms with Crippen LogP contribution in [0.25, 0.3) is 11.3 Å². The summed E-state index contributed by atoms with van der Waals surface area (Å²) in [7, 11) is 0. The number of nitrogens with one attached hydrogen (secondary N) is 2. The van der Waals surface area contributed by atoms with E-state index in [-0.39, 0.29) is 11.9 Å². The fourth-order valence-corrected chi connectivity index (χ4v) is 4.06. The standard InChI is InChI=1S/C27H32FN5O2/c1-27(2,3)35-26(34)31-22-9-6-14-33(18-22)25-16-20(12-13-29-25)23-10-5-11-24(32-23)30-17-19-7-4-8-21(28)15-19/h4-5,7-8,10-13,15-16,22H,6,9,14,17-18H2,1-3H3,(H,30,32)(H,31,34). The number of halogens is 1. The van der Waals surface area contributed by atoms with Gasteiger partial charge in [-0.3, -0.25) is 0 Å². The number of nitrogens with zero attached hydrogens (tertiary/aromatic N) is 3. The minimum atomic E-state index is -0.526. The van der Waals surface area contributed by atoms with Gasteiger partial charge in [0.05, 0.1) is 5.69 Å². The highest BCUT2D eigenvalue weighted by Gasteiger charge is 2.25. The van der Waals surface area contributed by atoms with E-state index in [1.807, 2.05) is 57.2 Å². The Bertz CT molecular complexity index is 1160. The highest BCUT2D eigenvalue weighted by atomic mass is 19.1. The van der Waals surface area contributed by atoms with Crippen molar-refractivity contribution in [2.75, 3.05) is 23.3 Å². The predicted molar refractivity (Wildman–Crippen MR) is 136 cm³/mol. The summed E-state index contributed by atoms with van der Waals surface area (Å²) in [5.41, 5.74) is 2.09. The first kappa shape index (κ1) is 24.4. The fraction of sp³-hybridized carbons (Fsp3) is 0.370. The largest absolute Gasteiger partial charge is 0.444 e. The van der Waals surface area contributed by atoms with Gasteiger partial charge < -0.3 is 20.3 Å². The monoisotopic (exact) mass is 477 g/mol. The number of rotatable bonds is 6. The van der Waals surface area contributed by atoms with Gasteiger partial charge >= 0.3 is 6.09 Å². The number of benzene rings is 1. The van der Waals surface area contributed by atoms with Gasteiger partial charge in [-0.2, -0.15) is 0 Å². The third-order valence-corrected chi connectivity index (χ3v) is 5.62. The summed E-state index contributed by atoms with van der Waals surface area (Å²) in [6.45, 7) is 7.58. The molecule has 1 aromatic carbocycles. The van der Waals surface area contributed by atoms with Gasteiger partial charge in [0.2, 0.25) is 0 Å². The molecule has 0 saturated carbocycles. The van der Waals surface area contributed by atoms with E-state index in [1.54, 1.807) is 12.3 Å². The Morgan fingerprint density at radius 2 is 2.00 bits per heavy atom. The van der Waals surface area contributed by atoms with Crippen molar-refractivity contribution in [3.05, 3.63) is 72.2 Å². The van der Waals surface area contributed by atoms with E-state index >= 15 is 0 Å². The molecular weight excluding hydrogens is 445 g/mol. The van der Waals surface area contributed by atoms with Crippen molar-refractivity contribution in [1.82, 2.24) is 15.3 Å². The molecule has 1 atom stereocenters. The van der Waals surface area contributed by atoms with Crippen LogP contribution in [0.4, 0.5) is 20.8 Å². The first-order chi connectivity index (χ1) is 16.7. The van der Waals surface area contributed by atoms with Crippen molar-refractivity contribution < 1.29 is 13.9 Å². The summed E-state index contributed by atoms with van der Waals surface area (Å²) in [4.78, 5) is 23.7. The summed E-state index contributed by atoms with van der Waals surface area (Å²) in [6, 6.07) is 16.3. The lowest BCUT2D eigenvalue weighted by atomic mass is 10.1. The van der Waals surface area contributed by atoms with Crippen LogP contribution in [-0.4, -0.2) is 40.8 Å². The molecule has 2 N–H and O–H groups in total. The number of piperidine rings is 1. The zero-order chi connectivity index (χ0) is 24.8. The smallest absolute Gasteiger partial charge is 0.407 e. The van der Waals surface area contributed by atoms with Crippen LogP contribution in [0.1, 0.15) is 39.2 Å². The van der Waals surface area contributed by atoms with Crippen LogP contribution < -0.4 is 15.5 Å². The number of anilines is 2. The maximum absolute atomic E-state index is 13.4. The van der Waals surface area contributed by atoms with Gasteiger partial charge in [-0.1, -0.05) is 18.2 Å². The van der Waals surface area contributed by atoms with E-state index in [9.17, 15) is 9.18 Å². The maximum atomic E-state index is 13.4. The van der Waals surface area contributed by atoms with E-state index in [0.29, 0.717) is 18.9 Å². The molecule has 3 aromatic rings. The average molecular weight is 478 g/mol. The summed E-state index contributed by atoms with van der Waals surface area (Å²) in [6.07, 6.45) is 3.24. The number of carbonyl (C=O) groups excluding carboxylic acids is 1. The lowest BCUT2D eigenvalue weighted by Crippen LogP contribution is -2.49. The summed E-state index contributed by atoms with van der Waals surface area (Å²) in [5, 5.41) is 6.25. The number of hydrogen-bond acceptors (Lipinski definition) is 6. The van der Waals surface area contributed by atoms with E-state index in [1.165, 1.54) is 12.1 Å². The van der Waals surface area contributed by atoms with Crippen LogP contribution in [0.5, 0.6) is 0 Å². The van der Waals surface area contributed by atoms with Crippen LogP contribution in [0.15, 0.2) is 60.8 Å². The molecule has 0 bridgehead atoms. The summed E-state index contributed by atoms with van der Waals surface area (Å²) >= 11 is 0. The molecule has 1 aliphatic heterocycles. The van der Waals surface area contributed by atoms with E-state index in [4.69, 9.17) is 9.72 Å². The lowest BCUT2D eigenvalue weighted by Gasteiger charge is -2.34. The van der Waals surface area contributed by atoms with Gasteiger partial charge in [0.25, 0.3) is 0 Å². The molecule has 2 aromatic heterocycles. The molecule has 0 aliphatic carbocycles. The molecule has 1 amide bonds. The minimum absolute atomic E-state index is 0.00228. The lowest BCUT2D eigenvalue weighted by molar-refractivity contribution is 0.0500. The number of hydrogen-bond donors (Lipinski definition) is 2. The highest BCUT2D eigenvalue weighted by Crippen LogP contribution is 2.25. The van der Waals surface area contributed by atoms with Crippen LogP contribution in [0.3, 0.4) is 0 Å². The molecule has 0 spiro atoms. The minimum Gasteiger partial charge on any atom is -0.444 e. The Morgan fingerprint density at radius 1 is 1.17 bits per heavy atom. The number of aromatic nitrogens is 2. The molecule has 4 rings (SSSR count). The number of ether oxygens (including phenoxy) is 1. The first-order valence-electron chi connectivity index (χ1n) is 11.9. The topological polar surface area (TPSA) is 79.4 Å². The molecule has 35 heavy (non-hydrogen) atoms. The molecule has 8 heteroatoms. The SMILES string of the molecule is CC(C)(C)OC(=O)NC1CCCN(c2cc(-c3cccc(NCc4cccc(F)c4)n3)ccn2)C1. The van der Waals surface area contributed by atoms with Crippen LogP contribution in [0.2, 0.25) is 0 Å². The van der Waals surface area contributed by atoms with Gasteiger partial charge in [0, 0.05) is 37.4 Å². The van der Waals surface area contributed by atoms with Crippen molar-refractivity contribution >= 4 is 17.7 Å². The Morgan fingerprint density at radius 3 is 2.80 bits per heavy atom. The molecule has 1 saturated heterocycles. The average Bonchev–Trinajstić information content (AvgIpc) is 2.82. The number of pyridine rings is 2. The van der Waals surface area contributed by atoms with E-state index in [0.717, 1.165) is 42.0 Å². The second-order valence-electron chi connectivity index (χ2n) is 9.73. The summed E-state index contributed by atoms with van der Waals surface area (Å²) in [5.74, 6) is 1.31. The van der Waals surface area contributed by atoms with Crippen LogP contribution in [-0.2, 0) is 11.3 Å². The molecular formula is C27H32FN5O2. The summed E-state index contributed by atoms with van der Waals surface area (Å²) < 4.78 is 18.8. The van der Waals surface area contributed by atoms with Crippen molar-refractivity contribution in [3.8, 4) is 11.3 Å². The number of alkyl carbamates (subject to hydrolysis) is 1. The van der Waals surface area contributed by atoms with Gasteiger partial charge in [-0.25, -0.2) is 19.2 Å². The Balaban J connectivity index is 1.42.